The van der Waals surface area contributed by atoms with Gasteiger partial charge in [0.2, 0.25) is 0 Å². The lowest BCUT2D eigenvalue weighted by Crippen LogP contribution is -2.30. The zero-order valence-electron chi connectivity index (χ0n) is 11.3. The molecule has 0 amide bonds. The third-order valence-electron chi connectivity index (χ3n) is 3.72. The fourth-order valence-corrected chi connectivity index (χ4v) is 2.79. The third-order valence-corrected chi connectivity index (χ3v) is 3.72. The van der Waals surface area contributed by atoms with Gasteiger partial charge >= 0.3 is 0 Å². The lowest BCUT2D eigenvalue weighted by Gasteiger charge is -2.29. The number of hydrogen-bond acceptors (Lipinski definition) is 3. The Morgan fingerprint density at radius 2 is 2.24 bits per heavy atom. The van der Waals surface area contributed by atoms with E-state index in [1.54, 1.807) is 0 Å². The maximum atomic E-state index is 4.46. The van der Waals surface area contributed by atoms with E-state index < -0.39 is 0 Å². The fraction of sp³-hybridized carbons (Fsp3) is 0.643. The number of pyridine rings is 1. The summed E-state index contributed by atoms with van der Waals surface area (Å²) in [5, 5.41) is 3.09. The number of aryl methyl sites for hydroxylation is 1. The summed E-state index contributed by atoms with van der Waals surface area (Å²) >= 11 is 0. The predicted octanol–water partition coefficient (Wildman–Crippen LogP) is 2.98. The van der Waals surface area contributed by atoms with E-state index in [1.165, 1.54) is 30.5 Å². The number of rotatable bonds is 3. The first-order valence-corrected chi connectivity index (χ1v) is 6.53. The standard InChI is InChI=1S/C14H23N3/c1-10(2)17-7-5-6-13(17)12-9-16-14(15-4)8-11(12)3/h8-10,13H,5-7H2,1-4H3,(H,15,16). The molecule has 3 nitrogen and oxygen atoms in total. The third kappa shape index (κ3) is 2.44. The largest absolute Gasteiger partial charge is 0.373 e. The number of likely N-dealkylation sites (tertiary alicyclic amines) is 1. The molecule has 2 heterocycles. The minimum absolute atomic E-state index is 0.563. The fourth-order valence-electron chi connectivity index (χ4n) is 2.79. The van der Waals surface area contributed by atoms with Crippen LogP contribution in [0.1, 0.15) is 43.9 Å². The normalized spacial score (nSPS) is 21.1. The summed E-state index contributed by atoms with van der Waals surface area (Å²) in [6.07, 6.45) is 4.61. The van der Waals surface area contributed by atoms with Crippen LogP contribution in [0.2, 0.25) is 0 Å². The van der Waals surface area contributed by atoms with Gasteiger partial charge in [-0.25, -0.2) is 4.98 Å². The summed E-state index contributed by atoms with van der Waals surface area (Å²) in [5.74, 6) is 0.959. The molecular formula is C14H23N3. The van der Waals surface area contributed by atoms with Gasteiger partial charge in [-0.05, 0) is 57.4 Å². The van der Waals surface area contributed by atoms with Crippen LogP contribution in [-0.4, -0.2) is 29.5 Å². The molecule has 1 N–H and O–H groups in total. The highest BCUT2D eigenvalue weighted by molar-refractivity contribution is 5.41. The van der Waals surface area contributed by atoms with Gasteiger partial charge in [0.05, 0.1) is 0 Å². The van der Waals surface area contributed by atoms with Crippen molar-refractivity contribution < 1.29 is 0 Å². The van der Waals surface area contributed by atoms with Crippen LogP contribution in [0, 0.1) is 6.92 Å². The first kappa shape index (κ1) is 12.4. The zero-order chi connectivity index (χ0) is 12.4. The second-order valence-electron chi connectivity index (χ2n) is 5.17. The van der Waals surface area contributed by atoms with Crippen molar-refractivity contribution in [3.05, 3.63) is 23.4 Å². The SMILES string of the molecule is CNc1cc(C)c(C2CCCN2C(C)C)cn1. The quantitative estimate of drug-likeness (QED) is 0.870. The highest BCUT2D eigenvalue weighted by Gasteiger charge is 2.28. The average Bonchev–Trinajstić information content (AvgIpc) is 2.77. The van der Waals surface area contributed by atoms with Crippen molar-refractivity contribution in [2.75, 3.05) is 18.9 Å². The Labute approximate surface area is 104 Å². The van der Waals surface area contributed by atoms with E-state index in [2.05, 4.69) is 42.0 Å². The highest BCUT2D eigenvalue weighted by Crippen LogP contribution is 2.35. The second-order valence-corrected chi connectivity index (χ2v) is 5.17. The Morgan fingerprint density at radius 3 is 2.82 bits per heavy atom. The molecule has 0 bridgehead atoms. The van der Waals surface area contributed by atoms with Crippen molar-refractivity contribution in [1.29, 1.82) is 0 Å². The van der Waals surface area contributed by atoms with Crippen LogP contribution in [0.3, 0.4) is 0 Å². The number of nitrogens with zero attached hydrogens (tertiary/aromatic N) is 2. The van der Waals surface area contributed by atoms with Gasteiger partial charge in [-0.15, -0.1) is 0 Å². The van der Waals surface area contributed by atoms with Crippen LogP contribution >= 0.6 is 0 Å². The van der Waals surface area contributed by atoms with Crippen LogP contribution in [0.5, 0.6) is 0 Å². The summed E-state index contributed by atoms with van der Waals surface area (Å²) in [5.41, 5.74) is 2.75. The minimum Gasteiger partial charge on any atom is -0.373 e. The topological polar surface area (TPSA) is 28.2 Å². The predicted molar refractivity (Wildman–Crippen MR) is 72.3 cm³/mol. The van der Waals surface area contributed by atoms with Gasteiger partial charge < -0.3 is 5.32 Å². The van der Waals surface area contributed by atoms with Crippen LogP contribution < -0.4 is 5.32 Å². The number of anilines is 1. The highest BCUT2D eigenvalue weighted by atomic mass is 15.2. The smallest absolute Gasteiger partial charge is 0.125 e. The maximum absolute atomic E-state index is 4.46. The molecule has 0 aromatic carbocycles. The van der Waals surface area contributed by atoms with E-state index in [0.717, 1.165) is 5.82 Å². The molecule has 2 rings (SSSR count). The Kier molecular flexibility index (Phi) is 3.67. The van der Waals surface area contributed by atoms with Gasteiger partial charge in [0.15, 0.2) is 0 Å². The molecule has 0 radical (unpaired) electrons. The lowest BCUT2D eigenvalue weighted by atomic mass is 10.0. The van der Waals surface area contributed by atoms with Gasteiger partial charge in [-0.3, -0.25) is 4.90 Å². The second kappa shape index (κ2) is 5.05. The van der Waals surface area contributed by atoms with E-state index in [0.29, 0.717) is 12.1 Å². The molecule has 1 aliphatic heterocycles. The summed E-state index contributed by atoms with van der Waals surface area (Å²) in [6.45, 7) is 7.97. The van der Waals surface area contributed by atoms with Gasteiger partial charge in [0.25, 0.3) is 0 Å². The van der Waals surface area contributed by atoms with E-state index in [1.807, 2.05) is 13.2 Å². The molecule has 0 saturated carbocycles. The molecule has 1 aromatic rings. The Balaban J connectivity index is 2.27. The van der Waals surface area contributed by atoms with Crippen molar-refractivity contribution in [1.82, 2.24) is 9.88 Å². The Hall–Kier alpha value is -1.09. The first-order valence-electron chi connectivity index (χ1n) is 6.53. The maximum Gasteiger partial charge on any atom is 0.125 e. The molecule has 1 aliphatic rings. The van der Waals surface area contributed by atoms with Gasteiger partial charge in [0.1, 0.15) is 5.82 Å². The van der Waals surface area contributed by atoms with Crippen molar-refractivity contribution >= 4 is 5.82 Å². The number of hydrogen-bond donors (Lipinski definition) is 1. The van der Waals surface area contributed by atoms with Crippen LogP contribution in [0.15, 0.2) is 12.3 Å². The van der Waals surface area contributed by atoms with Gasteiger partial charge in [0, 0.05) is 25.3 Å². The molecule has 0 spiro atoms. The molecule has 17 heavy (non-hydrogen) atoms. The van der Waals surface area contributed by atoms with E-state index >= 15 is 0 Å². The molecule has 1 saturated heterocycles. The summed E-state index contributed by atoms with van der Waals surface area (Å²) in [6, 6.07) is 3.32. The number of nitrogens with one attached hydrogen (secondary N) is 1. The number of aromatic nitrogens is 1. The van der Waals surface area contributed by atoms with Crippen LogP contribution in [0.4, 0.5) is 5.82 Å². The van der Waals surface area contributed by atoms with Crippen molar-refractivity contribution in [2.24, 2.45) is 0 Å². The molecule has 1 fully saturated rings. The lowest BCUT2D eigenvalue weighted by molar-refractivity contribution is 0.205. The van der Waals surface area contributed by atoms with Crippen LogP contribution in [-0.2, 0) is 0 Å². The van der Waals surface area contributed by atoms with E-state index in [-0.39, 0.29) is 0 Å². The van der Waals surface area contributed by atoms with Crippen LogP contribution in [0.25, 0.3) is 0 Å². The molecule has 94 valence electrons. The van der Waals surface area contributed by atoms with E-state index in [4.69, 9.17) is 0 Å². The first-order chi connectivity index (χ1) is 8.13. The Morgan fingerprint density at radius 1 is 1.47 bits per heavy atom. The average molecular weight is 233 g/mol. The monoisotopic (exact) mass is 233 g/mol. The molecule has 1 atom stereocenters. The van der Waals surface area contributed by atoms with Gasteiger partial charge in [-0.1, -0.05) is 0 Å². The molecule has 1 unspecified atom stereocenters. The van der Waals surface area contributed by atoms with Gasteiger partial charge in [-0.2, -0.15) is 0 Å². The van der Waals surface area contributed by atoms with Crippen molar-refractivity contribution in [3.63, 3.8) is 0 Å². The summed E-state index contributed by atoms with van der Waals surface area (Å²) < 4.78 is 0. The molecular weight excluding hydrogens is 210 g/mol. The van der Waals surface area contributed by atoms with E-state index in [9.17, 15) is 0 Å². The van der Waals surface area contributed by atoms with Crippen molar-refractivity contribution in [3.8, 4) is 0 Å². The zero-order valence-corrected chi connectivity index (χ0v) is 11.3. The molecule has 0 aliphatic carbocycles. The molecule has 1 aromatic heterocycles. The molecule has 3 heteroatoms. The summed E-state index contributed by atoms with van der Waals surface area (Å²) in [4.78, 5) is 7.04. The summed E-state index contributed by atoms with van der Waals surface area (Å²) in [7, 11) is 1.91. The minimum atomic E-state index is 0.563. The van der Waals surface area contributed by atoms with Crippen molar-refractivity contribution in [2.45, 2.75) is 45.7 Å². The Bertz CT molecular complexity index is 387.